The maximum absolute atomic E-state index is 12.5. The second kappa shape index (κ2) is 8.13. The molecule has 2 rings (SSSR count). The number of nitrogens with one attached hydrogen (secondary N) is 1. The van der Waals surface area contributed by atoms with Crippen LogP contribution in [0.4, 0.5) is 0 Å². The van der Waals surface area contributed by atoms with Gasteiger partial charge in [0.15, 0.2) is 0 Å². The molecule has 1 aromatic carbocycles. The molecule has 124 valence electrons. The largest absolute Gasteiger partial charge is 0.354 e. The lowest BCUT2D eigenvalue weighted by molar-refractivity contribution is -0.125. The first-order chi connectivity index (χ1) is 11.0. The summed E-state index contributed by atoms with van der Waals surface area (Å²) in [6.07, 6.45) is 4.19. The Morgan fingerprint density at radius 3 is 2.83 bits per heavy atom. The van der Waals surface area contributed by atoms with E-state index in [0.717, 1.165) is 24.1 Å². The molecule has 0 aliphatic rings. The van der Waals surface area contributed by atoms with Crippen LogP contribution in [-0.4, -0.2) is 41.2 Å². The summed E-state index contributed by atoms with van der Waals surface area (Å²) in [4.78, 5) is 14.4. The van der Waals surface area contributed by atoms with Crippen LogP contribution < -0.4 is 5.32 Å². The zero-order valence-corrected chi connectivity index (χ0v) is 14.5. The molecule has 1 amide bonds. The molecular weight excluding hydrogens is 312 g/mol. The van der Waals surface area contributed by atoms with Gasteiger partial charge in [0.05, 0.1) is 11.2 Å². The summed E-state index contributed by atoms with van der Waals surface area (Å²) in [6, 6.07) is 7.77. The summed E-state index contributed by atoms with van der Waals surface area (Å²) in [6.45, 7) is 3.36. The third-order valence-corrected chi connectivity index (χ3v) is 3.78. The van der Waals surface area contributed by atoms with Crippen LogP contribution >= 0.6 is 11.6 Å². The number of aryl methyl sites for hydroxylation is 2. The standard InChI is InChI=1S/C17H23ClN4O/c1-13-6-4-7-14(10-13)16(21(2)3)17(23)19-8-5-9-22-12-15(18)11-20-22/h4,6-7,10-12,16H,5,8-9H2,1-3H3,(H,19,23)/t16-/m0/s1. The van der Waals surface area contributed by atoms with Crippen molar-refractivity contribution in [1.29, 1.82) is 0 Å². The fraction of sp³-hybridized carbons (Fsp3) is 0.412. The van der Waals surface area contributed by atoms with Crippen LogP contribution in [0.5, 0.6) is 0 Å². The Morgan fingerprint density at radius 1 is 1.43 bits per heavy atom. The van der Waals surface area contributed by atoms with Gasteiger partial charge in [0, 0.05) is 19.3 Å². The summed E-state index contributed by atoms with van der Waals surface area (Å²) >= 11 is 5.82. The van der Waals surface area contributed by atoms with E-state index in [2.05, 4.69) is 16.5 Å². The summed E-state index contributed by atoms with van der Waals surface area (Å²) in [5.74, 6) is 0.0131. The number of carbonyl (C=O) groups excluding carboxylic acids is 1. The van der Waals surface area contributed by atoms with Crippen molar-refractivity contribution in [2.45, 2.75) is 25.9 Å². The molecule has 0 fully saturated rings. The molecule has 0 unspecified atom stereocenters. The Labute approximate surface area is 142 Å². The van der Waals surface area contributed by atoms with Gasteiger partial charge in [-0.25, -0.2) is 0 Å². The lowest BCUT2D eigenvalue weighted by atomic mass is 10.0. The molecule has 6 heteroatoms. The van der Waals surface area contributed by atoms with Crippen molar-refractivity contribution < 1.29 is 4.79 Å². The average molecular weight is 335 g/mol. The highest BCUT2D eigenvalue weighted by molar-refractivity contribution is 6.30. The van der Waals surface area contributed by atoms with Gasteiger partial charge in [-0.15, -0.1) is 0 Å². The van der Waals surface area contributed by atoms with E-state index in [1.165, 1.54) is 0 Å². The van der Waals surface area contributed by atoms with Crippen molar-refractivity contribution in [3.05, 3.63) is 52.8 Å². The van der Waals surface area contributed by atoms with E-state index in [1.54, 1.807) is 17.1 Å². The van der Waals surface area contributed by atoms with E-state index in [4.69, 9.17) is 11.6 Å². The van der Waals surface area contributed by atoms with Gasteiger partial charge in [-0.3, -0.25) is 14.4 Å². The minimum atomic E-state index is -0.283. The molecule has 1 N–H and O–H groups in total. The molecule has 0 saturated carbocycles. The van der Waals surface area contributed by atoms with E-state index >= 15 is 0 Å². The van der Waals surface area contributed by atoms with Gasteiger partial charge in [0.2, 0.25) is 5.91 Å². The van der Waals surface area contributed by atoms with Crippen LogP contribution in [0, 0.1) is 6.92 Å². The van der Waals surface area contributed by atoms with Gasteiger partial charge in [-0.2, -0.15) is 5.10 Å². The number of likely N-dealkylation sites (N-methyl/N-ethyl adjacent to an activating group) is 1. The molecule has 0 radical (unpaired) electrons. The number of benzene rings is 1. The molecule has 23 heavy (non-hydrogen) atoms. The van der Waals surface area contributed by atoms with Crippen molar-refractivity contribution in [3.63, 3.8) is 0 Å². The van der Waals surface area contributed by atoms with Crippen molar-refractivity contribution in [1.82, 2.24) is 20.0 Å². The quantitative estimate of drug-likeness (QED) is 0.792. The Bertz CT molecular complexity index is 654. The molecule has 0 spiro atoms. The van der Waals surface area contributed by atoms with Crippen LogP contribution in [0.15, 0.2) is 36.7 Å². The Balaban J connectivity index is 1.88. The van der Waals surface area contributed by atoms with Crippen LogP contribution in [-0.2, 0) is 11.3 Å². The highest BCUT2D eigenvalue weighted by Gasteiger charge is 2.22. The molecule has 0 aliphatic carbocycles. The molecule has 1 heterocycles. The maximum atomic E-state index is 12.5. The first kappa shape index (κ1) is 17.5. The third-order valence-electron chi connectivity index (χ3n) is 3.59. The van der Waals surface area contributed by atoms with Gasteiger partial charge in [0.1, 0.15) is 6.04 Å². The molecule has 5 nitrogen and oxygen atoms in total. The maximum Gasteiger partial charge on any atom is 0.241 e. The molecule has 0 bridgehead atoms. The van der Waals surface area contributed by atoms with Crippen molar-refractivity contribution in [2.24, 2.45) is 0 Å². The minimum Gasteiger partial charge on any atom is -0.354 e. The number of halogens is 1. The lowest BCUT2D eigenvalue weighted by Gasteiger charge is -2.24. The van der Waals surface area contributed by atoms with Crippen molar-refractivity contribution in [2.75, 3.05) is 20.6 Å². The summed E-state index contributed by atoms with van der Waals surface area (Å²) < 4.78 is 1.78. The predicted octanol–water partition coefficient (Wildman–Crippen LogP) is 2.65. The minimum absolute atomic E-state index is 0.0131. The number of amides is 1. The number of hydrogen-bond acceptors (Lipinski definition) is 3. The van der Waals surface area contributed by atoms with Crippen molar-refractivity contribution >= 4 is 17.5 Å². The molecule has 1 atom stereocenters. The van der Waals surface area contributed by atoms with Crippen LogP contribution in [0.25, 0.3) is 0 Å². The Hall–Kier alpha value is -1.85. The summed E-state index contributed by atoms with van der Waals surface area (Å²) in [5, 5.41) is 7.75. The summed E-state index contributed by atoms with van der Waals surface area (Å²) in [7, 11) is 3.83. The van der Waals surface area contributed by atoms with E-state index < -0.39 is 0 Å². The SMILES string of the molecule is Cc1cccc([C@@H](C(=O)NCCCn2cc(Cl)cn2)N(C)C)c1. The fourth-order valence-corrected chi connectivity index (χ4v) is 2.69. The van der Waals surface area contributed by atoms with Crippen LogP contribution in [0.1, 0.15) is 23.6 Å². The van der Waals surface area contributed by atoms with Gasteiger partial charge in [-0.05, 0) is 33.0 Å². The Morgan fingerprint density at radius 2 is 2.22 bits per heavy atom. The van der Waals surface area contributed by atoms with Crippen molar-refractivity contribution in [3.8, 4) is 0 Å². The summed E-state index contributed by atoms with van der Waals surface area (Å²) in [5.41, 5.74) is 2.16. The second-order valence-corrected chi connectivity index (χ2v) is 6.28. The molecule has 2 aromatic rings. The van der Waals surface area contributed by atoms with E-state index in [9.17, 15) is 4.79 Å². The van der Waals surface area contributed by atoms with Gasteiger partial charge >= 0.3 is 0 Å². The van der Waals surface area contributed by atoms with Crippen LogP contribution in [0.3, 0.4) is 0 Å². The fourth-order valence-electron chi connectivity index (χ4n) is 2.53. The number of rotatable bonds is 7. The zero-order valence-electron chi connectivity index (χ0n) is 13.8. The van der Waals surface area contributed by atoms with E-state index in [-0.39, 0.29) is 11.9 Å². The molecule has 0 aliphatic heterocycles. The number of hydrogen-bond donors (Lipinski definition) is 1. The normalized spacial score (nSPS) is 12.4. The lowest BCUT2D eigenvalue weighted by Crippen LogP contribution is -2.37. The monoisotopic (exact) mass is 334 g/mol. The highest BCUT2D eigenvalue weighted by Crippen LogP contribution is 2.19. The topological polar surface area (TPSA) is 50.2 Å². The second-order valence-electron chi connectivity index (χ2n) is 5.85. The number of carbonyl (C=O) groups is 1. The molecular formula is C17H23ClN4O. The first-order valence-electron chi connectivity index (χ1n) is 7.66. The smallest absolute Gasteiger partial charge is 0.241 e. The highest BCUT2D eigenvalue weighted by atomic mass is 35.5. The van der Waals surface area contributed by atoms with Gasteiger partial charge < -0.3 is 5.32 Å². The van der Waals surface area contributed by atoms with Gasteiger partial charge in [0.25, 0.3) is 0 Å². The average Bonchev–Trinajstić information content (AvgIpc) is 2.89. The molecule has 0 saturated heterocycles. The van der Waals surface area contributed by atoms with Crippen LogP contribution in [0.2, 0.25) is 5.02 Å². The number of aromatic nitrogens is 2. The van der Waals surface area contributed by atoms with E-state index in [0.29, 0.717) is 11.6 Å². The predicted molar refractivity (Wildman–Crippen MR) is 92.5 cm³/mol. The number of nitrogens with zero attached hydrogens (tertiary/aromatic N) is 3. The van der Waals surface area contributed by atoms with E-state index in [1.807, 2.05) is 44.1 Å². The third kappa shape index (κ3) is 5.08. The van der Waals surface area contributed by atoms with Gasteiger partial charge in [-0.1, -0.05) is 41.4 Å². The first-order valence-corrected chi connectivity index (χ1v) is 8.04. The zero-order chi connectivity index (χ0) is 16.8. The Kier molecular flexibility index (Phi) is 6.19. The molecule has 1 aromatic heterocycles.